The Morgan fingerprint density at radius 2 is 1.62 bits per heavy atom. The van der Waals surface area contributed by atoms with Gasteiger partial charge in [0.15, 0.2) is 0 Å². The fourth-order valence-electron chi connectivity index (χ4n) is 3.79. The molecule has 1 aromatic rings. The average molecular weight is 288 g/mol. The predicted octanol–water partition coefficient (Wildman–Crippen LogP) is 2.50. The highest BCUT2D eigenvalue weighted by Crippen LogP contribution is 2.23. The molecule has 0 bridgehead atoms. The van der Waals surface area contributed by atoms with Crippen LogP contribution in [0.2, 0.25) is 0 Å². The number of benzene rings is 1. The normalized spacial score (nSPS) is 29.2. The average Bonchev–Trinajstić information content (AvgIpc) is 2.74. The van der Waals surface area contributed by atoms with Gasteiger partial charge in [-0.2, -0.15) is 0 Å². The van der Waals surface area contributed by atoms with Crippen LogP contribution in [0, 0.1) is 0 Å². The second-order valence-electron chi connectivity index (χ2n) is 6.57. The van der Waals surface area contributed by atoms with Gasteiger partial charge in [-0.05, 0) is 18.4 Å². The molecule has 2 atom stereocenters. The third kappa shape index (κ3) is 4.06. The Hall–Kier alpha value is -0.900. The molecule has 2 aliphatic rings. The van der Waals surface area contributed by atoms with Crippen LogP contribution in [0.25, 0.3) is 0 Å². The summed E-state index contributed by atoms with van der Waals surface area (Å²) in [6.07, 6.45) is 5.85. The Labute approximate surface area is 128 Å². The molecular formula is C18H28N2O. The van der Waals surface area contributed by atoms with Crippen molar-refractivity contribution in [1.29, 1.82) is 0 Å². The molecule has 0 spiro atoms. The highest BCUT2D eigenvalue weighted by atomic mass is 16.3. The number of rotatable bonds is 3. The summed E-state index contributed by atoms with van der Waals surface area (Å²) in [5, 5.41) is 10.3. The lowest BCUT2D eigenvalue weighted by Crippen LogP contribution is -2.53. The van der Waals surface area contributed by atoms with Gasteiger partial charge in [-0.3, -0.25) is 9.80 Å². The van der Waals surface area contributed by atoms with Gasteiger partial charge in [0, 0.05) is 38.8 Å². The van der Waals surface area contributed by atoms with E-state index in [0.717, 1.165) is 39.1 Å². The van der Waals surface area contributed by atoms with Crippen LogP contribution in [0.1, 0.15) is 37.7 Å². The Morgan fingerprint density at radius 1 is 0.905 bits per heavy atom. The van der Waals surface area contributed by atoms with Gasteiger partial charge in [0.05, 0.1) is 6.10 Å². The van der Waals surface area contributed by atoms with E-state index in [1.54, 1.807) is 0 Å². The molecule has 1 saturated heterocycles. The van der Waals surface area contributed by atoms with Crippen molar-refractivity contribution < 1.29 is 5.11 Å². The molecule has 1 aliphatic heterocycles. The summed E-state index contributed by atoms with van der Waals surface area (Å²) in [5.41, 5.74) is 1.40. The van der Waals surface area contributed by atoms with Crippen molar-refractivity contribution in [2.24, 2.45) is 0 Å². The van der Waals surface area contributed by atoms with Gasteiger partial charge in [-0.1, -0.05) is 49.6 Å². The number of hydrogen-bond donors (Lipinski definition) is 1. The lowest BCUT2D eigenvalue weighted by molar-refractivity contribution is 0.0138. The van der Waals surface area contributed by atoms with Crippen molar-refractivity contribution in [3.05, 3.63) is 35.9 Å². The third-order valence-corrected chi connectivity index (χ3v) is 5.07. The van der Waals surface area contributed by atoms with Gasteiger partial charge in [0.2, 0.25) is 0 Å². The van der Waals surface area contributed by atoms with Crippen molar-refractivity contribution in [2.75, 3.05) is 26.2 Å². The van der Waals surface area contributed by atoms with Crippen LogP contribution in [0.5, 0.6) is 0 Å². The maximum Gasteiger partial charge on any atom is 0.0695 e. The van der Waals surface area contributed by atoms with Crippen LogP contribution in [0.4, 0.5) is 0 Å². The van der Waals surface area contributed by atoms with Crippen LogP contribution in [0.15, 0.2) is 30.3 Å². The summed E-state index contributed by atoms with van der Waals surface area (Å²) >= 11 is 0. The topological polar surface area (TPSA) is 26.7 Å². The second kappa shape index (κ2) is 7.39. The summed E-state index contributed by atoms with van der Waals surface area (Å²) < 4.78 is 0. The molecule has 1 heterocycles. The highest BCUT2D eigenvalue weighted by molar-refractivity contribution is 5.14. The van der Waals surface area contributed by atoms with E-state index < -0.39 is 0 Å². The minimum atomic E-state index is -0.104. The molecule has 2 unspecified atom stereocenters. The molecule has 3 rings (SSSR count). The summed E-state index contributed by atoms with van der Waals surface area (Å²) in [7, 11) is 0. The van der Waals surface area contributed by atoms with Crippen LogP contribution >= 0.6 is 0 Å². The zero-order valence-corrected chi connectivity index (χ0v) is 13.0. The van der Waals surface area contributed by atoms with Gasteiger partial charge in [-0.15, -0.1) is 0 Å². The number of aliphatic hydroxyl groups excluding tert-OH is 1. The Morgan fingerprint density at radius 3 is 2.38 bits per heavy atom. The number of hydrogen-bond acceptors (Lipinski definition) is 3. The van der Waals surface area contributed by atoms with Crippen molar-refractivity contribution in [3.63, 3.8) is 0 Å². The molecular weight excluding hydrogens is 260 g/mol. The van der Waals surface area contributed by atoms with E-state index in [2.05, 4.69) is 40.1 Å². The first-order chi connectivity index (χ1) is 10.3. The van der Waals surface area contributed by atoms with Crippen LogP contribution in [-0.2, 0) is 6.54 Å². The lowest BCUT2D eigenvalue weighted by Gasteiger charge is -2.40. The first-order valence-electron chi connectivity index (χ1n) is 8.51. The van der Waals surface area contributed by atoms with Gasteiger partial charge in [-0.25, -0.2) is 0 Å². The van der Waals surface area contributed by atoms with E-state index in [1.807, 2.05) is 0 Å². The zero-order chi connectivity index (χ0) is 14.5. The standard InChI is InChI=1S/C18H28N2O/c21-18-10-6-2-5-9-17(18)20-13-11-19(12-14-20)15-16-7-3-1-4-8-16/h1,3-4,7-8,17-18,21H,2,5-6,9-15H2. The van der Waals surface area contributed by atoms with Crippen molar-refractivity contribution in [2.45, 2.75) is 50.8 Å². The van der Waals surface area contributed by atoms with Crippen molar-refractivity contribution >= 4 is 0 Å². The van der Waals surface area contributed by atoms with E-state index in [-0.39, 0.29) is 6.10 Å². The number of aliphatic hydroxyl groups is 1. The number of piperazine rings is 1. The first kappa shape index (κ1) is 15.0. The maximum atomic E-state index is 10.3. The minimum Gasteiger partial charge on any atom is -0.391 e. The molecule has 0 amide bonds. The van der Waals surface area contributed by atoms with Gasteiger partial charge in [0.1, 0.15) is 0 Å². The van der Waals surface area contributed by atoms with E-state index in [1.165, 1.54) is 31.2 Å². The molecule has 1 saturated carbocycles. The highest BCUT2D eigenvalue weighted by Gasteiger charge is 2.29. The largest absolute Gasteiger partial charge is 0.391 e. The lowest BCUT2D eigenvalue weighted by atomic mass is 10.0. The second-order valence-corrected chi connectivity index (χ2v) is 6.57. The molecule has 3 nitrogen and oxygen atoms in total. The van der Waals surface area contributed by atoms with Crippen molar-refractivity contribution in [1.82, 2.24) is 9.80 Å². The molecule has 2 fully saturated rings. The molecule has 1 aromatic carbocycles. The zero-order valence-electron chi connectivity index (χ0n) is 13.0. The van der Waals surface area contributed by atoms with Crippen LogP contribution in [0.3, 0.4) is 0 Å². The fourth-order valence-corrected chi connectivity index (χ4v) is 3.79. The Bertz CT molecular complexity index is 414. The van der Waals surface area contributed by atoms with E-state index in [0.29, 0.717) is 6.04 Å². The van der Waals surface area contributed by atoms with Gasteiger partial charge in [0.25, 0.3) is 0 Å². The number of nitrogens with zero attached hydrogens (tertiary/aromatic N) is 2. The van der Waals surface area contributed by atoms with Gasteiger partial charge < -0.3 is 5.11 Å². The summed E-state index contributed by atoms with van der Waals surface area (Å²) in [6.45, 7) is 5.52. The molecule has 0 aromatic heterocycles. The third-order valence-electron chi connectivity index (χ3n) is 5.07. The predicted molar refractivity (Wildman–Crippen MR) is 86.2 cm³/mol. The molecule has 0 radical (unpaired) electrons. The summed E-state index contributed by atoms with van der Waals surface area (Å²) in [4.78, 5) is 5.08. The Balaban J connectivity index is 1.50. The van der Waals surface area contributed by atoms with Gasteiger partial charge >= 0.3 is 0 Å². The first-order valence-corrected chi connectivity index (χ1v) is 8.51. The smallest absolute Gasteiger partial charge is 0.0695 e. The van der Waals surface area contributed by atoms with E-state index in [4.69, 9.17) is 0 Å². The van der Waals surface area contributed by atoms with Crippen LogP contribution in [-0.4, -0.2) is 53.2 Å². The molecule has 1 N–H and O–H groups in total. The summed E-state index contributed by atoms with van der Waals surface area (Å²) in [5.74, 6) is 0. The monoisotopic (exact) mass is 288 g/mol. The Kier molecular flexibility index (Phi) is 5.28. The molecule has 3 heteroatoms. The quantitative estimate of drug-likeness (QED) is 0.866. The molecule has 1 aliphatic carbocycles. The van der Waals surface area contributed by atoms with Crippen molar-refractivity contribution in [3.8, 4) is 0 Å². The molecule has 21 heavy (non-hydrogen) atoms. The summed E-state index contributed by atoms with van der Waals surface area (Å²) in [6, 6.07) is 11.1. The van der Waals surface area contributed by atoms with Crippen LogP contribution < -0.4 is 0 Å². The van der Waals surface area contributed by atoms with E-state index >= 15 is 0 Å². The SMILES string of the molecule is OC1CCCCCC1N1CCN(Cc2ccccc2)CC1. The maximum absolute atomic E-state index is 10.3. The fraction of sp³-hybridized carbons (Fsp3) is 0.667. The van der Waals surface area contributed by atoms with E-state index in [9.17, 15) is 5.11 Å². The minimum absolute atomic E-state index is 0.104. The molecule has 116 valence electrons.